The second-order valence-electron chi connectivity index (χ2n) is 7.16. The molecule has 5 heterocycles. The molecule has 28 heavy (non-hydrogen) atoms. The van der Waals surface area contributed by atoms with E-state index in [0.29, 0.717) is 35.6 Å². The van der Waals surface area contributed by atoms with Crippen molar-refractivity contribution in [2.45, 2.75) is 24.7 Å². The van der Waals surface area contributed by atoms with Crippen LogP contribution in [0.15, 0.2) is 36.5 Å². The van der Waals surface area contributed by atoms with Crippen LogP contribution in [0.3, 0.4) is 0 Å². The Morgan fingerprint density at radius 1 is 1.11 bits per heavy atom. The summed E-state index contributed by atoms with van der Waals surface area (Å²) in [4.78, 5) is 15.5. The first kappa shape index (κ1) is 16.4. The second-order valence-corrected chi connectivity index (χ2v) is 7.57. The zero-order valence-corrected chi connectivity index (χ0v) is 15.6. The SMILES string of the molecule is Clc1cc2[nH]c(OC3COC4CCOC43)nc2nc1-c1ccc2[nH]ccc2c1. The molecule has 8 heteroatoms. The first-order valence-corrected chi connectivity index (χ1v) is 9.66. The number of fused-ring (bicyclic) bond motifs is 3. The summed E-state index contributed by atoms with van der Waals surface area (Å²) in [5.41, 5.74) is 4.00. The maximum atomic E-state index is 6.52. The molecule has 2 saturated heterocycles. The van der Waals surface area contributed by atoms with Crippen molar-refractivity contribution in [1.82, 2.24) is 19.9 Å². The molecule has 0 bridgehead atoms. The highest BCUT2D eigenvalue weighted by molar-refractivity contribution is 6.33. The van der Waals surface area contributed by atoms with Crippen molar-refractivity contribution >= 4 is 33.7 Å². The highest BCUT2D eigenvalue weighted by Crippen LogP contribution is 2.32. The van der Waals surface area contributed by atoms with E-state index >= 15 is 0 Å². The van der Waals surface area contributed by atoms with Gasteiger partial charge in [0, 0.05) is 29.3 Å². The van der Waals surface area contributed by atoms with Gasteiger partial charge in [0.25, 0.3) is 6.01 Å². The topological polar surface area (TPSA) is 85.1 Å². The van der Waals surface area contributed by atoms with Crippen LogP contribution in [-0.4, -0.2) is 51.5 Å². The predicted molar refractivity (Wildman–Crippen MR) is 105 cm³/mol. The van der Waals surface area contributed by atoms with E-state index in [1.165, 1.54) is 0 Å². The van der Waals surface area contributed by atoms with Gasteiger partial charge in [0.1, 0.15) is 6.10 Å². The third-order valence-electron chi connectivity index (χ3n) is 5.41. The van der Waals surface area contributed by atoms with Crippen molar-refractivity contribution in [3.8, 4) is 17.3 Å². The standard InChI is InChI=1S/C20H17ClN4O3/c21-12-8-14-19(24-17(12)11-1-2-13-10(7-11)3-5-22-13)25-20(23-14)28-16-9-27-15-4-6-26-18(15)16/h1-3,5,7-8,15-16,18,22H,4,6,9H2,(H,23,24,25). The van der Waals surface area contributed by atoms with Crippen molar-refractivity contribution < 1.29 is 14.2 Å². The van der Waals surface area contributed by atoms with Crippen LogP contribution in [0.5, 0.6) is 6.01 Å². The maximum absolute atomic E-state index is 6.52. The van der Waals surface area contributed by atoms with Gasteiger partial charge >= 0.3 is 0 Å². The van der Waals surface area contributed by atoms with Crippen molar-refractivity contribution in [2.75, 3.05) is 13.2 Å². The van der Waals surface area contributed by atoms with Crippen LogP contribution >= 0.6 is 11.6 Å². The van der Waals surface area contributed by atoms with Gasteiger partial charge in [-0.05, 0) is 30.7 Å². The van der Waals surface area contributed by atoms with Crippen LogP contribution < -0.4 is 4.74 Å². The van der Waals surface area contributed by atoms with Crippen LogP contribution in [-0.2, 0) is 9.47 Å². The maximum Gasteiger partial charge on any atom is 0.296 e. The van der Waals surface area contributed by atoms with Gasteiger partial charge in [0.05, 0.1) is 28.9 Å². The molecule has 3 unspecified atom stereocenters. The largest absolute Gasteiger partial charge is 0.456 e. The monoisotopic (exact) mass is 396 g/mol. The van der Waals surface area contributed by atoms with E-state index in [2.05, 4.69) is 26.0 Å². The number of imidazole rings is 1. The summed E-state index contributed by atoms with van der Waals surface area (Å²) < 4.78 is 17.5. The first-order chi connectivity index (χ1) is 13.7. The molecule has 0 aliphatic carbocycles. The Morgan fingerprint density at radius 2 is 2.07 bits per heavy atom. The van der Waals surface area contributed by atoms with Crippen LogP contribution in [0.4, 0.5) is 0 Å². The predicted octanol–water partition coefficient (Wildman–Crippen LogP) is 3.69. The number of hydrogen-bond acceptors (Lipinski definition) is 5. The van der Waals surface area contributed by atoms with Crippen LogP contribution in [0.2, 0.25) is 5.02 Å². The van der Waals surface area contributed by atoms with Gasteiger partial charge in [-0.1, -0.05) is 17.7 Å². The summed E-state index contributed by atoms with van der Waals surface area (Å²) >= 11 is 6.52. The molecule has 3 atom stereocenters. The Bertz CT molecular complexity index is 1190. The molecule has 142 valence electrons. The molecule has 6 rings (SSSR count). The Balaban J connectivity index is 1.34. The van der Waals surface area contributed by atoms with Gasteiger partial charge in [-0.3, -0.25) is 0 Å². The molecule has 4 aromatic rings. The lowest BCUT2D eigenvalue weighted by Gasteiger charge is -2.15. The van der Waals surface area contributed by atoms with E-state index in [0.717, 1.165) is 28.4 Å². The normalized spacial score (nSPS) is 24.2. The number of nitrogens with zero attached hydrogens (tertiary/aromatic N) is 2. The molecule has 0 amide bonds. The molecule has 0 radical (unpaired) electrons. The van der Waals surface area contributed by atoms with E-state index in [1.807, 2.05) is 30.5 Å². The van der Waals surface area contributed by atoms with Crippen molar-refractivity contribution in [1.29, 1.82) is 0 Å². The molecular weight excluding hydrogens is 380 g/mol. The third kappa shape index (κ3) is 2.58. The summed E-state index contributed by atoms with van der Waals surface area (Å²) in [5.74, 6) is 0. The summed E-state index contributed by atoms with van der Waals surface area (Å²) in [6.07, 6.45) is 2.75. The lowest BCUT2D eigenvalue weighted by molar-refractivity contribution is 0.0273. The Kier molecular flexibility index (Phi) is 3.62. The number of halogens is 1. The van der Waals surface area contributed by atoms with Crippen molar-refractivity contribution in [3.63, 3.8) is 0 Å². The lowest BCUT2D eigenvalue weighted by Crippen LogP contribution is -2.32. The molecule has 2 aliphatic rings. The van der Waals surface area contributed by atoms with Gasteiger partial charge in [0.2, 0.25) is 0 Å². The van der Waals surface area contributed by atoms with Gasteiger partial charge in [-0.25, -0.2) is 4.98 Å². The number of aromatic nitrogens is 4. The molecule has 0 spiro atoms. The third-order valence-corrected chi connectivity index (χ3v) is 5.70. The molecule has 2 fully saturated rings. The molecule has 2 aliphatic heterocycles. The number of H-pyrrole nitrogens is 2. The summed E-state index contributed by atoms with van der Waals surface area (Å²) in [6.45, 7) is 1.21. The van der Waals surface area contributed by atoms with E-state index in [4.69, 9.17) is 25.8 Å². The van der Waals surface area contributed by atoms with E-state index < -0.39 is 0 Å². The van der Waals surface area contributed by atoms with E-state index in [1.54, 1.807) is 0 Å². The van der Waals surface area contributed by atoms with Gasteiger partial charge in [0.15, 0.2) is 11.8 Å². The first-order valence-electron chi connectivity index (χ1n) is 9.28. The number of ether oxygens (including phenoxy) is 3. The summed E-state index contributed by atoms with van der Waals surface area (Å²) in [5, 5.41) is 1.66. The highest BCUT2D eigenvalue weighted by atomic mass is 35.5. The zero-order chi connectivity index (χ0) is 18.7. The van der Waals surface area contributed by atoms with Gasteiger partial charge < -0.3 is 24.2 Å². The van der Waals surface area contributed by atoms with Crippen molar-refractivity contribution in [3.05, 3.63) is 41.6 Å². The molecule has 7 nitrogen and oxygen atoms in total. The minimum absolute atomic E-state index is 0.0339. The van der Waals surface area contributed by atoms with E-state index in [9.17, 15) is 0 Å². The molecule has 3 aromatic heterocycles. The average molecular weight is 397 g/mol. The fourth-order valence-electron chi connectivity index (χ4n) is 4.03. The summed E-state index contributed by atoms with van der Waals surface area (Å²) in [7, 11) is 0. The second kappa shape index (κ2) is 6.20. The number of benzene rings is 1. The lowest BCUT2D eigenvalue weighted by atomic mass is 10.1. The zero-order valence-electron chi connectivity index (χ0n) is 14.8. The van der Waals surface area contributed by atoms with Gasteiger partial charge in [-0.15, -0.1) is 0 Å². The van der Waals surface area contributed by atoms with Crippen LogP contribution in [0.25, 0.3) is 33.3 Å². The minimum atomic E-state index is -0.168. The number of rotatable bonds is 3. The minimum Gasteiger partial charge on any atom is -0.456 e. The molecule has 1 aromatic carbocycles. The Hall–Kier alpha value is -2.61. The Morgan fingerprint density at radius 3 is 3.04 bits per heavy atom. The number of hydrogen-bond donors (Lipinski definition) is 2. The highest BCUT2D eigenvalue weighted by Gasteiger charge is 2.43. The number of aromatic amines is 2. The van der Waals surface area contributed by atoms with E-state index in [-0.39, 0.29) is 18.3 Å². The molecular formula is C20H17ClN4O3. The Labute approximate surface area is 165 Å². The quantitative estimate of drug-likeness (QED) is 0.551. The van der Waals surface area contributed by atoms with Gasteiger partial charge in [-0.2, -0.15) is 4.98 Å². The molecule has 0 saturated carbocycles. The molecule has 2 N–H and O–H groups in total. The number of nitrogens with one attached hydrogen (secondary N) is 2. The average Bonchev–Trinajstić information content (AvgIpc) is 3.45. The summed E-state index contributed by atoms with van der Waals surface area (Å²) in [6, 6.07) is 10.3. The fourth-order valence-corrected chi connectivity index (χ4v) is 4.29. The van der Waals surface area contributed by atoms with Crippen molar-refractivity contribution in [2.24, 2.45) is 0 Å². The van der Waals surface area contributed by atoms with Crippen LogP contribution in [0, 0.1) is 0 Å². The number of pyridine rings is 1. The van der Waals surface area contributed by atoms with Crippen LogP contribution in [0.1, 0.15) is 6.42 Å². The smallest absolute Gasteiger partial charge is 0.296 e. The fraction of sp³-hybridized carbons (Fsp3) is 0.300.